The van der Waals surface area contributed by atoms with E-state index in [0.29, 0.717) is 18.8 Å². The fraction of sp³-hybridized carbons (Fsp3) is 0.526. The van der Waals surface area contributed by atoms with Gasteiger partial charge < -0.3 is 20.3 Å². The number of nitrogens with one attached hydrogen (secondary N) is 2. The Bertz CT molecular complexity index is 627. The van der Waals surface area contributed by atoms with Crippen LogP contribution in [0.4, 0.5) is 10.5 Å². The molecule has 1 fully saturated rings. The zero-order valence-electron chi connectivity index (χ0n) is 15.5. The molecule has 0 bridgehead atoms. The van der Waals surface area contributed by atoms with Gasteiger partial charge >= 0.3 is 12.0 Å². The molecule has 0 aliphatic carbocycles. The predicted molar refractivity (Wildman–Crippen MR) is 98.6 cm³/mol. The summed E-state index contributed by atoms with van der Waals surface area (Å²) in [4.78, 5) is 38.6. The van der Waals surface area contributed by atoms with Crippen molar-refractivity contribution in [2.24, 2.45) is 5.92 Å². The fourth-order valence-corrected chi connectivity index (χ4v) is 2.82. The Morgan fingerprint density at radius 2 is 1.65 bits per heavy atom. The van der Waals surface area contributed by atoms with Crippen LogP contribution in [0.15, 0.2) is 30.3 Å². The van der Waals surface area contributed by atoms with Crippen molar-refractivity contribution >= 4 is 23.6 Å². The average molecular weight is 361 g/mol. The van der Waals surface area contributed by atoms with Gasteiger partial charge in [0.25, 0.3) is 5.91 Å². The van der Waals surface area contributed by atoms with Crippen molar-refractivity contribution in [3.05, 3.63) is 30.3 Å². The first-order chi connectivity index (χ1) is 12.4. The van der Waals surface area contributed by atoms with Crippen molar-refractivity contribution < 1.29 is 19.1 Å². The largest absolute Gasteiger partial charge is 0.451 e. The van der Waals surface area contributed by atoms with Gasteiger partial charge in [-0.25, -0.2) is 9.59 Å². The minimum absolute atomic E-state index is 0.182. The quantitative estimate of drug-likeness (QED) is 0.762. The molecule has 1 aromatic carbocycles. The Morgan fingerprint density at radius 1 is 1.04 bits per heavy atom. The molecule has 7 nitrogen and oxygen atoms in total. The number of carbonyl (C=O) groups excluding carboxylic acids is 3. The second-order valence-electron chi connectivity index (χ2n) is 6.80. The van der Waals surface area contributed by atoms with Gasteiger partial charge in [0.15, 0.2) is 6.10 Å². The van der Waals surface area contributed by atoms with Crippen LogP contribution in [-0.4, -0.2) is 48.0 Å². The summed E-state index contributed by atoms with van der Waals surface area (Å²) in [6, 6.07) is 7.61. The number of esters is 1. The van der Waals surface area contributed by atoms with Gasteiger partial charge in [-0.2, -0.15) is 0 Å². The number of likely N-dealkylation sites (tertiary alicyclic amines) is 1. The van der Waals surface area contributed by atoms with E-state index in [1.807, 2.05) is 19.9 Å². The molecule has 1 aromatic rings. The molecule has 0 radical (unpaired) electrons. The van der Waals surface area contributed by atoms with Crippen molar-refractivity contribution in [1.82, 2.24) is 10.2 Å². The van der Waals surface area contributed by atoms with E-state index >= 15 is 0 Å². The summed E-state index contributed by atoms with van der Waals surface area (Å²) in [5.74, 6) is -0.978. The number of nitrogens with zero attached hydrogens (tertiary/aromatic N) is 1. The molecule has 2 atom stereocenters. The van der Waals surface area contributed by atoms with Gasteiger partial charge in [-0.05, 0) is 37.8 Å². The van der Waals surface area contributed by atoms with Gasteiger partial charge in [0, 0.05) is 18.8 Å². The van der Waals surface area contributed by atoms with Crippen LogP contribution in [0.1, 0.15) is 33.6 Å². The second-order valence-corrected chi connectivity index (χ2v) is 6.80. The number of ether oxygens (including phenoxy) is 1. The van der Waals surface area contributed by atoms with Crippen LogP contribution in [0.5, 0.6) is 0 Å². The van der Waals surface area contributed by atoms with Crippen molar-refractivity contribution in [3.8, 4) is 0 Å². The van der Waals surface area contributed by atoms with Crippen LogP contribution in [0.3, 0.4) is 0 Å². The normalized spacial score (nSPS) is 16.1. The van der Waals surface area contributed by atoms with Crippen LogP contribution in [0.2, 0.25) is 0 Å². The molecule has 1 saturated heterocycles. The zero-order valence-corrected chi connectivity index (χ0v) is 15.5. The van der Waals surface area contributed by atoms with Gasteiger partial charge in [-0.15, -0.1) is 0 Å². The third kappa shape index (κ3) is 5.47. The van der Waals surface area contributed by atoms with Gasteiger partial charge in [0.2, 0.25) is 0 Å². The van der Waals surface area contributed by atoms with E-state index in [1.165, 1.54) is 0 Å². The maximum absolute atomic E-state index is 12.5. The molecule has 7 heteroatoms. The number of urea groups is 1. The number of hydrogen-bond acceptors (Lipinski definition) is 4. The SMILES string of the molecule is CC(C)[C@H](NC(=O)Nc1ccccc1)C(=O)O[C@H](C)C(=O)N1CCCC1. The summed E-state index contributed by atoms with van der Waals surface area (Å²) < 4.78 is 5.33. The third-order valence-electron chi connectivity index (χ3n) is 4.30. The Balaban J connectivity index is 1.91. The molecule has 2 N–H and O–H groups in total. The van der Waals surface area contributed by atoms with Crippen LogP contribution < -0.4 is 10.6 Å². The van der Waals surface area contributed by atoms with Crippen molar-refractivity contribution in [2.45, 2.75) is 45.8 Å². The zero-order chi connectivity index (χ0) is 19.1. The molecule has 1 aliphatic heterocycles. The van der Waals surface area contributed by atoms with E-state index in [4.69, 9.17) is 4.74 Å². The first kappa shape index (κ1) is 19.8. The summed E-state index contributed by atoms with van der Waals surface area (Å²) >= 11 is 0. The van der Waals surface area contributed by atoms with E-state index in [9.17, 15) is 14.4 Å². The van der Waals surface area contributed by atoms with Crippen molar-refractivity contribution in [1.29, 1.82) is 0 Å². The number of rotatable bonds is 6. The van der Waals surface area contributed by atoms with Crippen LogP contribution >= 0.6 is 0 Å². The summed E-state index contributed by atoms with van der Waals surface area (Å²) in [7, 11) is 0. The van der Waals surface area contributed by atoms with Gasteiger partial charge in [-0.1, -0.05) is 32.0 Å². The molecule has 0 unspecified atom stereocenters. The first-order valence-electron chi connectivity index (χ1n) is 9.00. The van der Waals surface area contributed by atoms with E-state index in [1.54, 1.807) is 36.1 Å². The predicted octanol–water partition coefficient (Wildman–Crippen LogP) is 2.39. The van der Waals surface area contributed by atoms with E-state index in [0.717, 1.165) is 12.8 Å². The highest BCUT2D eigenvalue weighted by Gasteiger charge is 2.31. The minimum Gasteiger partial charge on any atom is -0.451 e. The summed E-state index contributed by atoms with van der Waals surface area (Å²) in [5, 5.41) is 5.30. The summed E-state index contributed by atoms with van der Waals surface area (Å²) in [6.45, 7) is 6.58. The van der Waals surface area contributed by atoms with Crippen LogP contribution in [0.25, 0.3) is 0 Å². The Hall–Kier alpha value is -2.57. The summed E-state index contributed by atoms with van der Waals surface area (Å²) in [6.07, 6.45) is 1.09. The molecular weight excluding hydrogens is 334 g/mol. The highest BCUT2D eigenvalue weighted by molar-refractivity contribution is 5.93. The van der Waals surface area contributed by atoms with E-state index in [-0.39, 0.29) is 11.8 Å². The number of amides is 3. The molecule has 0 aromatic heterocycles. The molecule has 2 rings (SSSR count). The van der Waals surface area contributed by atoms with Gasteiger partial charge in [0.05, 0.1) is 0 Å². The van der Waals surface area contributed by atoms with Gasteiger partial charge in [-0.3, -0.25) is 4.79 Å². The van der Waals surface area contributed by atoms with Crippen LogP contribution in [0, 0.1) is 5.92 Å². The smallest absolute Gasteiger partial charge is 0.329 e. The fourth-order valence-electron chi connectivity index (χ4n) is 2.82. The monoisotopic (exact) mass is 361 g/mol. The molecule has 0 saturated carbocycles. The highest BCUT2D eigenvalue weighted by atomic mass is 16.5. The second kappa shape index (κ2) is 9.22. The Kier molecular flexibility index (Phi) is 7.00. The Labute approximate surface area is 154 Å². The van der Waals surface area contributed by atoms with Crippen LogP contribution in [-0.2, 0) is 14.3 Å². The number of carbonyl (C=O) groups is 3. The summed E-state index contributed by atoms with van der Waals surface area (Å²) in [5.41, 5.74) is 0.624. The first-order valence-corrected chi connectivity index (χ1v) is 9.00. The highest BCUT2D eigenvalue weighted by Crippen LogP contribution is 2.13. The van der Waals surface area contributed by atoms with Gasteiger partial charge in [0.1, 0.15) is 6.04 Å². The number of hydrogen-bond donors (Lipinski definition) is 2. The average Bonchev–Trinajstić information content (AvgIpc) is 3.14. The topological polar surface area (TPSA) is 87.7 Å². The van der Waals surface area contributed by atoms with Crippen molar-refractivity contribution in [3.63, 3.8) is 0 Å². The minimum atomic E-state index is -0.860. The third-order valence-corrected chi connectivity index (χ3v) is 4.30. The molecule has 26 heavy (non-hydrogen) atoms. The number of para-hydroxylation sites is 1. The molecule has 1 aliphatic rings. The molecule has 1 heterocycles. The lowest BCUT2D eigenvalue weighted by molar-refractivity contribution is -0.161. The van der Waals surface area contributed by atoms with E-state index < -0.39 is 24.1 Å². The number of anilines is 1. The Morgan fingerprint density at radius 3 is 2.23 bits per heavy atom. The van der Waals surface area contributed by atoms with E-state index in [2.05, 4.69) is 10.6 Å². The molecule has 142 valence electrons. The van der Waals surface area contributed by atoms with Crippen molar-refractivity contribution in [2.75, 3.05) is 18.4 Å². The molecular formula is C19H27N3O4. The molecule has 0 spiro atoms. The molecule has 3 amide bonds. The lowest BCUT2D eigenvalue weighted by Gasteiger charge is -2.25. The number of benzene rings is 1. The lowest BCUT2D eigenvalue weighted by Crippen LogP contribution is -2.49. The maximum Gasteiger partial charge on any atom is 0.329 e. The lowest BCUT2D eigenvalue weighted by atomic mass is 10.0. The maximum atomic E-state index is 12.5. The standard InChI is InChI=1S/C19H27N3O4/c1-13(2)16(21-19(25)20-15-9-5-4-6-10-15)18(24)26-14(3)17(23)22-11-7-8-12-22/h4-6,9-10,13-14,16H,7-8,11-12H2,1-3H3,(H2,20,21,25)/t14-,16+/m1/s1.